The molecule has 0 heterocycles. The summed E-state index contributed by atoms with van der Waals surface area (Å²) >= 11 is 19.0. The minimum absolute atomic E-state index is 0.136. The van der Waals surface area contributed by atoms with Gasteiger partial charge in [-0.05, 0) is 0 Å². The normalized spacial score (nSPS) is 29.7. The fourth-order valence-electron chi connectivity index (χ4n) is 12.6. The predicted molar refractivity (Wildman–Crippen MR) is 187 cm³/mol. The van der Waals surface area contributed by atoms with E-state index in [9.17, 15) is 22.5 Å². The van der Waals surface area contributed by atoms with E-state index in [4.69, 9.17) is 0 Å². The summed E-state index contributed by atoms with van der Waals surface area (Å²) < 4.78 is 0. The van der Waals surface area contributed by atoms with E-state index >= 15 is 0 Å². The molecule has 6 rings (SSSR count). The molecule has 0 spiro atoms. The van der Waals surface area contributed by atoms with E-state index < -0.39 is 11.9 Å². The summed E-state index contributed by atoms with van der Waals surface area (Å²) in [5, 5.41) is 1.96. The second-order valence-electron chi connectivity index (χ2n) is 16.9. The van der Waals surface area contributed by atoms with Crippen LogP contribution in [0.25, 0.3) is 0 Å². The number of hydrogen-bond donors (Lipinski definition) is 0. The maximum absolute atomic E-state index is 9.51. The van der Waals surface area contributed by atoms with Gasteiger partial charge in [-0.3, -0.25) is 0 Å². The van der Waals surface area contributed by atoms with Gasteiger partial charge in [-0.25, -0.2) is 0 Å². The quantitative estimate of drug-likeness (QED) is 0.234. The Kier molecular flexibility index (Phi) is 8.98. The third-order valence-corrected chi connectivity index (χ3v) is 37.6. The monoisotopic (exact) mass is 628 g/mol. The molecule has 0 nitrogen and oxygen atoms in total. The van der Waals surface area contributed by atoms with Gasteiger partial charge in [0.1, 0.15) is 0 Å². The van der Waals surface area contributed by atoms with Crippen molar-refractivity contribution < 1.29 is 0 Å². The third-order valence-electron chi connectivity index (χ3n) is 13.9. The van der Waals surface area contributed by atoms with Crippen molar-refractivity contribution >= 4 is 34.4 Å². The van der Waals surface area contributed by atoms with Crippen molar-refractivity contribution in [1.82, 2.24) is 0 Å². The summed E-state index contributed by atoms with van der Waals surface area (Å²) in [7, 11) is 0. The summed E-state index contributed by atoms with van der Waals surface area (Å²) in [5.41, 5.74) is 4.70. The van der Waals surface area contributed by atoms with Crippen LogP contribution in [0.1, 0.15) is 175 Å². The van der Waals surface area contributed by atoms with Gasteiger partial charge in [0, 0.05) is 0 Å². The second kappa shape index (κ2) is 11.5. The van der Waals surface area contributed by atoms with Crippen LogP contribution < -0.4 is 0 Å². The number of rotatable bonds is 8. The Morgan fingerprint density at radius 1 is 0.425 bits per heavy atom. The van der Waals surface area contributed by atoms with Crippen LogP contribution in [0.4, 0.5) is 0 Å². The van der Waals surface area contributed by atoms with Crippen molar-refractivity contribution in [3.8, 4) is 0 Å². The van der Waals surface area contributed by atoms with E-state index in [1.807, 2.05) is 5.06 Å². The van der Waals surface area contributed by atoms with Gasteiger partial charge in [0.15, 0.2) is 0 Å². The summed E-state index contributed by atoms with van der Waals surface area (Å²) in [6.07, 6.45) is 37.0. The first kappa shape index (κ1) is 31.2. The van der Waals surface area contributed by atoms with Crippen LogP contribution in [0.5, 0.6) is 0 Å². The molecule has 0 unspecified atom stereocenters. The van der Waals surface area contributed by atoms with Crippen LogP contribution >= 0.6 is 34.4 Å². The first-order valence-corrected chi connectivity index (χ1v) is 25.0. The third kappa shape index (κ3) is 4.54. The molecule has 0 atom stereocenters. The van der Waals surface area contributed by atoms with Gasteiger partial charge in [0.25, 0.3) is 0 Å². The van der Waals surface area contributed by atoms with Gasteiger partial charge < -0.3 is 0 Å². The van der Waals surface area contributed by atoms with Crippen LogP contribution in [0.15, 0.2) is 11.1 Å². The summed E-state index contributed by atoms with van der Waals surface area (Å²) in [4.78, 5) is 0. The van der Waals surface area contributed by atoms with Gasteiger partial charge in [0.2, 0.25) is 0 Å². The van der Waals surface area contributed by atoms with Crippen LogP contribution in [0.3, 0.4) is 0 Å². The minimum atomic E-state index is -2.93. The van der Waals surface area contributed by atoms with Gasteiger partial charge in [-0.1, -0.05) is 0 Å². The van der Waals surface area contributed by atoms with Crippen LogP contribution in [0.2, 0.25) is 0 Å². The zero-order valence-electron chi connectivity index (χ0n) is 26.7. The molecule has 0 aromatic carbocycles. The second-order valence-corrected chi connectivity index (χ2v) is 32.0. The van der Waals surface area contributed by atoms with Gasteiger partial charge in [-0.2, -0.15) is 0 Å². The molecule has 0 amide bonds. The Morgan fingerprint density at radius 3 is 0.750 bits per heavy atom. The van der Waals surface area contributed by atoms with E-state index in [1.54, 1.807) is 0 Å². The fraction of sp³-hybridized carbons (Fsp3) is 0.944. The molecule has 0 saturated heterocycles. The molecule has 0 aliphatic heterocycles. The van der Waals surface area contributed by atoms with Crippen molar-refractivity contribution in [3.05, 3.63) is 11.1 Å². The molecule has 6 aliphatic rings. The van der Waals surface area contributed by atoms with Crippen LogP contribution in [0, 0.1) is 5.41 Å². The topological polar surface area (TPSA) is 0 Å². The first-order valence-electron chi connectivity index (χ1n) is 18.3. The van der Waals surface area contributed by atoms with Gasteiger partial charge in [0.05, 0.1) is 0 Å². The van der Waals surface area contributed by atoms with E-state index in [0.29, 0.717) is 0 Å². The van der Waals surface area contributed by atoms with Crippen molar-refractivity contribution in [2.24, 2.45) is 5.41 Å². The maximum atomic E-state index is 9.51. The van der Waals surface area contributed by atoms with Crippen molar-refractivity contribution in [2.45, 2.75) is 209 Å². The molecule has 0 bridgehead atoms. The van der Waals surface area contributed by atoms with Crippen molar-refractivity contribution in [3.63, 3.8) is 0 Å². The molecule has 6 aliphatic carbocycles. The Balaban J connectivity index is 1.74. The molecule has 0 aromatic heterocycles. The molecular formula is C36H64Cl2P2. The molecule has 0 N–H and O–H groups in total. The van der Waals surface area contributed by atoms with Crippen molar-refractivity contribution in [1.29, 1.82) is 0 Å². The Bertz CT molecular complexity index is 760. The molecule has 0 aromatic rings. The summed E-state index contributed by atoms with van der Waals surface area (Å²) in [6, 6.07) is 0. The first-order chi connectivity index (χ1) is 19.1. The van der Waals surface area contributed by atoms with Crippen molar-refractivity contribution in [2.75, 3.05) is 0 Å². The summed E-state index contributed by atoms with van der Waals surface area (Å²) in [6.45, 7) is 7.58. The van der Waals surface area contributed by atoms with E-state index in [1.165, 1.54) is 154 Å². The fourth-order valence-corrected chi connectivity index (χ4v) is 41.9. The number of halogens is 2. The number of hydrogen-bond acceptors (Lipinski definition) is 0. The molecular weight excluding hydrogens is 565 g/mol. The van der Waals surface area contributed by atoms with Gasteiger partial charge >= 0.3 is 260 Å². The molecule has 4 heteroatoms. The predicted octanol–water partition coefficient (Wildman–Crippen LogP) is 13.9. The van der Waals surface area contributed by atoms with E-state index in [-0.39, 0.29) is 5.41 Å². The molecule has 40 heavy (non-hydrogen) atoms. The molecule has 6 saturated carbocycles. The summed E-state index contributed by atoms with van der Waals surface area (Å²) in [5.74, 6) is -5.86. The zero-order valence-corrected chi connectivity index (χ0v) is 30.0. The Morgan fingerprint density at radius 2 is 0.600 bits per heavy atom. The molecule has 6 fully saturated rings. The van der Waals surface area contributed by atoms with E-state index in [0.717, 1.165) is 34.0 Å². The zero-order chi connectivity index (χ0) is 28.1. The van der Waals surface area contributed by atoms with Crippen LogP contribution in [-0.2, 0) is 0 Å². The SMILES string of the molecule is CC(C)(C)C=C(P(Cl)(C1CCCC1)(C1CCCC1)C1CCCC1)P(Cl)(C1CCCC1)(C1CCCC1)C1CCCC1. The standard InChI is InChI=1S/C36H64Cl2P2/c1-36(2,3)28-35(39(37,29-16-4-5-17-29,30-18-6-7-19-30)31-20-8-9-21-31)40(38,32-22-10-11-23-32,33-24-12-13-25-33)34-26-14-15-27-34/h28-34H,4-27H2,1-3H3. The average molecular weight is 630 g/mol. The van der Waals surface area contributed by atoms with Crippen LogP contribution in [-0.4, -0.2) is 34.0 Å². The Labute approximate surface area is 258 Å². The van der Waals surface area contributed by atoms with Gasteiger partial charge in [-0.15, -0.1) is 0 Å². The number of allylic oxidation sites excluding steroid dienone is 1. The average Bonchev–Trinajstić information content (AvgIpc) is 3.79. The molecule has 0 radical (unpaired) electrons. The molecule has 232 valence electrons. The Hall–Kier alpha value is 1.18. The van der Waals surface area contributed by atoms with E-state index in [2.05, 4.69) is 26.8 Å².